The Morgan fingerprint density at radius 1 is 1.12 bits per heavy atom. The van der Waals surface area contributed by atoms with Gasteiger partial charge in [0.1, 0.15) is 5.75 Å². The second-order valence-corrected chi connectivity index (χ2v) is 5.80. The fraction of sp³-hybridized carbons (Fsp3) is 0.0588. The largest absolute Gasteiger partial charge is 0.482 e. The Balaban J connectivity index is 1.54. The predicted octanol–water partition coefficient (Wildman–Crippen LogP) is 3.47. The number of halogens is 2. The number of aromatic nitrogens is 2. The molecule has 0 radical (unpaired) electrons. The summed E-state index contributed by atoms with van der Waals surface area (Å²) in [7, 11) is 0. The highest BCUT2D eigenvalue weighted by Crippen LogP contribution is 2.27. The summed E-state index contributed by atoms with van der Waals surface area (Å²) in [6.07, 6.45) is 4.76. The van der Waals surface area contributed by atoms with E-state index in [1.54, 1.807) is 24.5 Å². The van der Waals surface area contributed by atoms with E-state index in [2.05, 4.69) is 20.5 Å². The minimum Gasteiger partial charge on any atom is -0.482 e. The Kier molecular flexibility index (Phi) is 5.42. The van der Waals surface area contributed by atoms with Crippen molar-refractivity contribution >= 4 is 46.4 Å². The van der Waals surface area contributed by atoms with Gasteiger partial charge in [-0.3, -0.25) is 14.8 Å². The maximum atomic E-state index is 11.8. The minimum atomic E-state index is -0.414. The molecule has 1 N–H and O–H groups in total. The number of fused-ring (bicyclic) bond motifs is 1. The van der Waals surface area contributed by atoms with Crippen molar-refractivity contribution in [2.75, 3.05) is 6.61 Å². The molecule has 0 bridgehead atoms. The molecule has 0 aliphatic carbocycles. The van der Waals surface area contributed by atoms with Crippen LogP contribution in [0.4, 0.5) is 0 Å². The number of carbonyl (C=O) groups excluding carboxylic acids is 1. The molecule has 0 fully saturated rings. The standard InChI is InChI=1S/C17H12Cl2N4O2/c18-12-2-4-16(13(19)8-12)25-10-17(24)23-22-9-11-1-3-14-15(7-11)21-6-5-20-14/h1-9H,10H2,(H,23,24). The molecule has 1 amide bonds. The zero-order valence-electron chi connectivity index (χ0n) is 12.8. The molecule has 1 heterocycles. The van der Waals surface area contributed by atoms with Crippen LogP contribution in [0.2, 0.25) is 10.0 Å². The third kappa shape index (κ3) is 4.65. The fourth-order valence-corrected chi connectivity index (χ4v) is 2.47. The van der Waals surface area contributed by atoms with Crippen LogP contribution in [0.15, 0.2) is 53.9 Å². The molecule has 0 atom stereocenters. The van der Waals surface area contributed by atoms with E-state index in [0.29, 0.717) is 15.8 Å². The van der Waals surface area contributed by atoms with Gasteiger partial charge in [-0.2, -0.15) is 5.10 Å². The maximum Gasteiger partial charge on any atom is 0.277 e. The van der Waals surface area contributed by atoms with E-state index in [1.807, 2.05) is 18.2 Å². The van der Waals surface area contributed by atoms with Crippen molar-refractivity contribution in [2.24, 2.45) is 5.10 Å². The second kappa shape index (κ2) is 7.92. The van der Waals surface area contributed by atoms with Crippen LogP contribution in [0.25, 0.3) is 11.0 Å². The first-order chi connectivity index (χ1) is 12.1. The molecule has 6 nitrogen and oxygen atoms in total. The van der Waals surface area contributed by atoms with Crippen LogP contribution in [0.1, 0.15) is 5.56 Å². The number of rotatable bonds is 5. The van der Waals surface area contributed by atoms with E-state index in [0.717, 1.165) is 16.6 Å². The molecule has 3 rings (SSSR count). The Bertz CT molecular complexity index is 947. The van der Waals surface area contributed by atoms with Gasteiger partial charge in [0.05, 0.1) is 22.3 Å². The van der Waals surface area contributed by atoms with Gasteiger partial charge in [0.2, 0.25) is 0 Å². The number of hydrazone groups is 1. The van der Waals surface area contributed by atoms with Gasteiger partial charge in [-0.15, -0.1) is 0 Å². The summed E-state index contributed by atoms with van der Waals surface area (Å²) in [5.74, 6) is -0.0406. The number of nitrogens with zero attached hydrogens (tertiary/aromatic N) is 3. The number of hydrogen-bond donors (Lipinski definition) is 1. The lowest BCUT2D eigenvalue weighted by molar-refractivity contribution is -0.123. The van der Waals surface area contributed by atoms with Crippen LogP contribution in [0.5, 0.6) is 5.75 Å². The highest BCUT2D eigenvalue weighted by atomic mass is 35.5. The smallest absolute Gasteiger partial charge is 0.277 e. The normalized spacial score (nSPS) is 11.0. The molecule has 0 spiro atoms. The first-order valence-corrected chi connectivity index (χ1v) is 7.98. The number of hydrogen-bond acceptors (Lipinski definition) is 5. The average molecular weight is 375 g/mol. The molecule has 1 aromatic heterocycles. The van der Waals surface area contributed by atoms with Gasteiger partial charge in [-0.1, -0.05) is 29.3 Å². The zero-order valence-corrected chi connectivity index (χ0v) is 14.3. The maximum absolute atomic E-state index is 11.8. The Morgan fingerprint density at radius 2 is 1.92 bits per heavy atom. The SMILES string of the molecule is O=C(COc1ccc(Cl)cc1Cl)NN=Cc1ccc2nccnc2c1. The van der Waals surface area contributed by atoms with Gasteiger partial charge in [-0.05, 0) is 35.9 Å². The summed E-state index contributed by atoms with van der Waals surface area (Å²) in [4.78, 5) is 20.1. The number of benzene rings is 2. The van der Waals surface area contributed by atoms with Gasteiger partial charge in [0, 0.05) is 17.4 Å². The van der Waals surface area contributed by atoms with E-state index in [4.69, 9.17) is 27.9 Å². The summed E-state index contributed by atoms with van der Waals surface area (Å²) in [5.41, 5.74) is 4.71. The quantitative estimate of drug-likeness (QED) is 0.547. The summed E-state index contributed by atoms with van der Waals surface area (Å²) in [5, 5.41) is 4.72. The van der Waals surface area contributed by atoms with Crippen LogP contribution in [0.3, 0.4) is 0 Å². The highest BCUT2D eigenvalue weighted by molar-refractivity contribution is 6.35. The lowest BCUT2D eigenvalue weighted by Gasteiger charge is -2.07. The summed E-state index contributed by atoms with van der Waals surface area (Å²) in [6, 6.07) is 10.2. The third-order valence-electron chi connectivity index (χ3n) is 3.15. The number of amides is 1. The van der Waals surface area contributed by atoms with Crippen LogP contribution in [-0.4, -0.2) is 28.7 Å². The van der Waals surface area contributed by atoms with E-state index in [9.17, 15) is 4.79 Å². The molecular formula is C17H12Cl2N4O2. The van der Waals surface area contributed by atoms with Crippen molar-refractivity contribution in [2.45, 2.75) is 0 Å². The lowest BCUT2D eigenvalue weighted by Crippen LogP contribution is -2.24. The molecule has 3 aromatic rings. The molecule has 2 aromatic carbocycles. The van der Waals surface area contributed by atoms with Gasteiger partial charge < -0.3 is 4.74 Å². The summed E-state index contributed by atoms with van der Waals surface area (Å²) < 4.78 is 5.32. The van der Waals surface area contributed by atoms with Crippen LogP contribution >= 0.6 is 23.2 Å². The molecule has 0 aliphatic rings. The van der Waals surface area contributed by atoms with Crippen molar-refractivity contribution in [3.63, 3.8) is 0 Å². The minimum absolute atomic E-state index is 0.220. The van der Waals surface area contributed by atoms with E-state index >= 15 is 0 Å². The molecule has 0 saturated heterocycles. The predicted molar refractivity (Wildman–Crippen MR) is 97.2 cm³/mol. The van der Waals surface area contributed by atoms with Gasteiger partial charge in [0.15, 0.2) is 6.61 Å². The highest BCUT2D eigenvalue weighted by Gasteiger charge is 2.05. The lowest BCUT2D eigenvalue weighted by atomic mass is 10.2. The first kappa shape index (κ1) is 17.1. The van der Waals surface area contributed by atoms with Gasteiger partial charge in [0.25, 0.3) is 5.91 Å². The molecular weight excluding hydrogens is 363 g/mol. The summed E-state index contributed by atoms with van der Waals surface area (Å²) in [6.45, 7) is -0.220. The Morgan fingerprint density at radius 3 is 2.72 bits per heavy atom. The van der Waals surface area contributed by atoms with Crippen molar-refractivity contribution < 1.29 is 9.53 Å². The Hall–Kier alpha value is -2.70. The van der Waals surface area contributed by atoms with Gasteiger partial charge in [-0.25, -0.2) is 5.43 Å². The topological polar surface area (TPSA) is 76.5 Å². The van der Waals surface area contributed by atoms with Gasteiger partial charge >= 0.3 is 0 Å². The summed E-state index contributed by atoms with van der Waals surface area (Å²) >= 11 is 11.8. The van der Waals surface area contributed by atoms with Crippen LogP contribution in [0, 0.1) is 0 Å². The van der Waals surface area contributed by atoms with Crippen molar-refractivity contribution in [3.05, 3.63) is 64.4 Å². The first-order valence-electron chi connectivity index (χ1n) is 7.22. The molecule has 0 saturated carbocycles. The number of nitrogens with one attached hydrogen (secondary N) is 1. The second-order valence-electron chi connectivity index (χ2n) is 4.96. The molecule has 0 unspecified atom stereocenters. The fourth-order valence-electron chi connectivity index (χ4n) is 2.01. The van der Waals surface area contributed by atoms with E-state index in [1.165, 1.54) is 12.3 Å². The average Bonchev–Trinajstić information content (AvgIpc) is 2.61. The third-order valence-corrected chi connectivity index (χ3v) is 3.68. The molecule has 8 heteroatoms. The number of ether oxygens (including phenoxy) is 1. The van der Waals surface area contributed by atoms with Crippen LogP contribution in [-0.2, 0) is 4.79 Å². The zero-order chi connectivity index (χ0) is 17.6. The number of carbonyl (C=O) groups is 1. The van der Waals surface area contributed by atoms with Crippen LogP contribution < -0.4 is 10.2 Å². The van der Waals surface area contributed by atoms with Crippen molar-refractivity contribution in [3.8, 4) is 5.75 Å². The van der Waals surface area contributed by atoms with Crippen molar-refractivity contribution in [1.82, 2.24) is 15.4 Å². The monoisotopic (exact) mass is 374 g/mol. The van der Waals surface area contributed by atoms with E-state index < -0.39 is 5.91 Å². The van der Waals surface area contributed by atoms with E-state index in [-0.39, 0.29) is 6.61 Å². The molecule has 126 valence electrons. The molecule has 25 heavy (non-hydrogen) atoms. The molecule has 0 aliphatic heterocycles. The Labute approximate surface area is 153 Å². The van der Waals surface area contributed by atoms with Crippen molar-refractivity contribution in [1.29, 1.82) is 0 Å².